The van der Waals surface area contributed by atoms with E-state index in [0.29, 0.717) is 0 Å². The third kappa shape index (κ3) is 3.92. The first-order chi connectivity index (χ1) is 8.81. The van der Waals surface area contributed by atoms with Crippen LogP contribution in [0.4, 0.5) is 0 Å². The molecule has 1 N–H and O–H groups in total. The topological polar surface area (TPSA) is 27.7 Å². The van der Waals surface area contributed by atoms with Crippen molar-refractivity contribution in [2.75, 3.05) is 53.0 Å². The minimum absolute atomic E-state index is 0.722. The Morgan fingerprint density at radius 1 is 1.28 bits per heavy atom. The zero-order valence-corrected chi connectivity index (χ0v) is 12.0. The van der Waals surface area contributed by atoms with Gasteiger partial charge in [-0.3, -0.25) is 9.80 Å². The Morgan fingerprint density at radius 2 is 2.17 bits per heavy atom. The summed E-state index contributed by atoms with van der Waals surface area (Å²) >= 11 is 0. The molecule has 0 bridgehead atoms. The molecule has 0 aromatic rings. The fourth-order valence-corrected chi connectivity index (χ4v) is 3.25. The molecule has 0 aliphatic carbocycles. The van der Waals surface area contributed by atoms with Crippen molar-refractivity contribution in [3.8, 4) is 0 Å². The van der Waals surface area contributed by atoms with Gasteiger partial charge in [0.25, 0.3) is 0 Å². The lowest BCUT2D eigenvalue weighted by Crippen LogP contribution is -2.56. The van der Waals surface area contributed by atoms with Crippen LogP contribution in [0.3, 0.4) is 0 Å². The third-order valence-electron chi connectivity index (χ3n) is 4.34. The Balaban J connectivity index is 1.60. The number of piperazine rings is 1. The number of fused-ring (bicyclic) bond motifs is 1. The van der Waals surface area contributed by atoms with E-state index in [0.717, 1.165) is 38.2 Å². The van der Waals surface area contributed by atoms with Crippen molar-refractivity contribution in [1.82, 2.24) is 15.1 Å². The van der Waals surface area contributed by atoms with Crippen molar-refractivity contribution in [3.05, 3.63) is 0 Å². The molecule has 2 aliphatic heterocycles. The van der Waals surface area contributed by atoms with E-state index < -0.39 is 0 Å². The van der Waals surface area contributed by atoms with Gasteiger partial charge in [-0.15, -0.1) is 0 Å². The van der Waals surface area contributed by atoms with Gasteiger partial charge in [-0.05, 0) is 39.3 Å². The molecule has 2 heterocycles. The van der Waals surface area contributed by atoms with Crippen molar-refractivity contribution in [2.24, 2.45) is 0 Å². The molecule has 2 unspecified atom stereocenters. The van der Waals surface area contributed by atoms with Crippen LogP contribution in [0.15, 0.2) is 0 Å². The van der Waals surface area contributed by atoms with E-state index in [9.17, 15) is 0 Å². The van der Waals surface area contributed by atoms with Gasteiger partial charge in [-0.1, -0.05) is 0 Å². The summed E-state index contributed by atoms with van der Waals surface area (Å²) in [7, 11) is 1.77. The monoisotopic (exact) mass is 255 g/mol. The molecule has 18 heavy (non-hydrogen) atoms. The van der Waals surface area contributed by atoms with Crippen LogP contribution in [0.25, 0.3) is 0 Å². The molecular weight excluding hydrogens is 226 g/mol. The van der Waals surface area contributed by atoms with Crippen LogP contribution < -0.4 is 5.32 Å². The van der Waals surface area contributed by atoms with Crippen molar-refractivity contribution in [2.45, 2.75) is 38.3 Å². The number of nitrogens with one attached hydrogen (secondary N) is 1. The lowest BCUT2D eigenvalue weighted by molar-refractivity contribution is 0.0603. The second kappa shape index (κ2) is 7.43. The Labute approximate surface area is 112 Å². The van der Waals surface area contributed by atoms with Crippen LogP contribution in [-0.4, -0.2) is 74.9 Å². The second-order valence-corrected chi connectivity index (χ2v) is 5.73. The minimum Gasteiger partial charge on any atom is -0.385 e. The Bertz CT molecular complexity index is 237. The zero-order chi connectivity index (χ0) is 12.8. The summed E-state index contributed by atoms with van der Waals surface area (Å²) in [4.78, 5) is 5.35. The third-order valence-corrected chi connectivity index (χ3v) is 4.34. The minimum atomic E-state index is 0.722. The molecule has 2 saturated heterocycles. The smallest absolute Gasteiger partial charge is 0.0474 e. The maximum absolute atomic E-state index is 5.05. The van der Waals surface area contributed by atoms with Gasteiger partial charge in [-0.25, -0.2) is 0 Å². The molecule has 0 aromatic carbocycles. The zero-order valence-electron chi connectivity index (χ0n) is 12.0. The highest BCUT2D eigenvalue weighted by Crippen LogP contribution is 2.23. The van der Waals surface area contributed by atoms with E-state index in [4.69, 9.17) is 4.74 Å². The summed E-state index contributed by atoms with van der Waals surface area (Å²) in [5.41, 5.74) is 0. The van der Waals surface area contributed by atoms with Gasteiger partial charge in [0.1, 0.15) is 0 Å². The van der Waals surface area contributed by atoms with E-state index in [-0.39, 0.29) is 0 Å². The molecular formula is C14H29N3O. The highest BCUT2D eigenvalue weighted by Gasteiger charge is 2.33. The number of hydrogen-bond donors (Lipinski definition) is 1. The molecule has 4 heteroatoms. The molecule has 106 valence electrons. The van der Waals surface area contributed by atoms with Gasteiger partial charge in [0.05, 0.1) is 0 Å². The first kappa shape index (κ1) is 14.3. The van der Waals surface area contributed by atoms with E-state index in [1.165, 1.54) is 39.0 Å². The molecule has 0 aromatic heterocycles. The Morgan fingerprint density at radius 3 is 3.00 bits per heavy atom. The lowest BCUT2D eigenvalue weighted by Gasteiger charge is -2.42. The van der Waals surface area contributed by atoms with Crippen molar-refractivity contribution < 1.29 is 4.74 Å². The molecule has 2 atom stereocenters. The average Bonchev–Trinajstić information content (AvgIpc) is 2.80. The van der Waals surface area contributed by atoms with Gasteiger partial charge in [0, 0.05) is 52.0 Å². The van der Waals surface area contributed by atoms with Crippen molar-refractivity contribution >= 4 is 0 Å². The van der Waals surface area contributed by atoms with Gasteiger partial charge in [0.2, 0.25) is 0 Å². The lowest BCUT2D eigenvalue weighted by atomic mass is 10.1. The Kier molecular flexibility index (Phi) is 5.89. The largest absolute Gasteiger partial charge is 0.385 e. The number of hydrogen-bond acceptors (Lipinski definition) is 4. The van der Waals surface area contributed by atoms with Crippen LogP contribution in [-0.2, 0) is 4.74 Å². The number of methoxy groups -OCH3 is 1. The van der Waals surface area contributed by atoms with E-state index in [1.54, 1.807) is 7.11 Å². The highest BCUT2D eigenvalue weighted by atomic mass is 16.5. The van der Waals surface area contributed by atoms with Gasteiger partial charge >= 0.3 is 0 Å². The quantitative estimate of drug-likeness (QED) is 0.681. The van der Waals surface area contributed by atoms with E-state index >= 15 is 0 Å². The fraction of sp³-hybridized carbons (Fsp3) is 1.00. The first-order valence-electron chi connectivity index (χ1n) is 7.49. The fourth-order valence-electron chi connectivity index (χ4n) is 3.25. The average molecular weight is 255 g/mol. The van der Waals surface area contributed by atoms with Crippen LogP contribution in [0, 0.1) is 0 Å². The molecule has 4 nitrogen and oxygen atoms in total. The van der Waals surface area contributed by atoms with E-state index in [2.05, 4.69) is 22.0 Å². The molecule has 2 rings (SSSR count). The molecule has 0 radical (unpaired) electrons. The number of rotatable bonds is 7. The molecule has 0 spiro atoms. The van der Waals surface area contributed by atoms with E-state index in [1.807, 2.05) is 0 Å². The second-order valence-electron chi connectivity index (χ2n) is 5.73. The first-order valence-corrected chi connectivity index (χ1v) is 7.49. The molecule has 0 amide bonds. The van der Waals surface area contributed by atoms with Crippen LogP contribution >= 0.6 is 0 Å². The van der Waals surface area contributed by atoms with Crippen molar-refractivity contribution in [1.29, 1.82) is 0 Å². The molecule has 2 aliphatic rings. The predicted octanol–water partition coefficient (Wildman–Crippen LogP) is 0.781. The summed E-state index contributed by atoms with van der Waals surface area (Å²) < 4.78 is 5.05. The highest BCUT2D eigenvalue weighted by molar-refractivity contribution is 4.90. The van der Waals surface area contributed by atoms with Gasteiger partial charge < -0.3 is 10.1 Å². The molecule has 0 saturated carbocycles. The van der Waals surface area contributed by atoms with Crippen LogP contribution in [0.5, 0.6) is 0 Å². The summed E-state index contributed by atoms with van der Waals surface area (Å²) in [6, 6.07) is 1.56. The maximum atomic E-state index is 5.05. The standard InChI is InChI=1S/C14H29N3O/c1-13-11-17-8-3-5-14(17)12-16(13)9-7-15-6-4-10-18-2/h13-15H,3-12H2,1-2H3. The number of nitrogens with zero attached hydrogens (tertiary/aromatic N) is 2. The summed E-state index contributed by atoms with van der Waals surface area (Å²) in [6.07, 6.45) is 3.92. The summed E-state index contributed by atoms with van der Waals surface area (Å²) in [5.74, 6) is 0. The van der Waals surface area contributed by atoms with Crippen LogP contribution in [0.1, 0.15) is 26.2 Å². The summed E-state index contributed by atoms with van der Waals surface area (Å²) in [6.45, 7) is 10.5. The maximum Gasteiger partial charge on any atom is 0.0474 e. The normalized spacial score (nSPS) is 29.7. The summed E-state index contributed by atoms with van der Waals surface area (Å²) in [5, 5.41) is 3.51. The molecule has 2 fully saturated rings. The van der Waals surface area contributed by atoms with Crippen LogP contribution in [0.2, 0.25) is 0 Å². The Hall–Kier alpha value is -0.160. The van der Waals surface area contributed by atoms with Gasteiger partial charge in [-0.2, -0.15) is 0 Å². The number of ether oxygens (including phenoxy) is 1. The van der Waals surface area contributed by atoms with Crippen molar-refractivity contribution in [3.63, 3.8) is 0 Å². The SMILES string of the molecule is COCCCNCCN1CC2CCCN2CC1C. The van der Waals surface area contributed by atoms with Gasteiger partial charge in [0.15, 0.2) is 0 Å². The predicted molar refractivity (Wildman–Crippen MR) is 75.0 cm³/mol.